The molecule has 0 saturated heterocycles. The Morgan fingerprint density at radius 3 is 1.75 bits per heavy atom. The lowest BCUT2D eigenvalue weighted by atomic mass is 9.97. The van der Waals surface area contributed by atoms with Crippen LogP contribution in [0.4, 0.5) is 32.0 Å². The Balaban J connectivity index is 2.88. The summed E-state index contributed by atoms with van der Waals surface area (Å²) in [6.45, 7) is 0. The number of phenols is 1. The van der Waals surface area contributed by atoms with Gasteiger partial charge >= 0.3 is 12.4 Å². The molecule has 0 radical (unpaired) electrons. The molecule has 2 aromatic carbocycles. The van der Waals surface area contributed by atoms with Crippen LogP contribution in [-0.4, -0.2) is 10.0 Å². The number of halogens is 6. The topological polar surface area (TPSA) is 63.4 Å². The molecule has 0 atom stereocenters. The second-order valence-corrected chi connectivity index (χ2v) is 4.72. The van der Waals surface area contributed by atoms with Gasteiger partial charge in [-0.25, -0.2) is 0 Å². The van der Waals surface area contributed by atoms with Crippen LogP contribution in [-0.2, 0) is 12.4 Å². The van der Waals surface area contributed by atoms with E-state index in [0.29, 0.717) is 0 Å². The van der Waals surface area contributed by atoms with Crippen LogP contribution in [0.1, 0.15) is 11.1 Å². The first kappa shape index (κ1) is 17.6. The first-order valence-corrected chi connectivity index (χ1v) is 6.17. The molecule has 24 heavy (non-hydrogen) atoms. The zero-order valence-electron chi connectivity index (χ0n) is 11.4. The third-order valence-corrected chi connectivity index (χ3v) is 3.08. The van der Waals surface area contributed by atoms with Gasteiger partial charge in [-0.1, -0.05) is 12.1 Å². The fourth-order valence-corrected chi connectivity index (χ4v) is 2.12. The summed E-state index contributed by atoms with van der Waals surface area (Å²) in [7, 11) is 0. The molecule has 1 N–H and O–H groups in total. The SMILES string of the molecule is O=[N+]([O-])c1c(C(F)(F)F)cc(-c2cccc(O)c2)cc1C(F)(F)F. The van der Waals surface area contributed by atoms with Gasteiger partial charge in [-0.2, -0.15) is 26.3 Å². The largest absolute Gasteiger partial charge is 0.508 e. The first-order valence-electron chi connectivity index (χ1n) is 6.17. The van der Waals surface area contributed by atoms with Crippen molar-refractivity contribution in [3.8, 4) is 16.9 Å². The van der Waals surface area contributed by atoms with Gasteiger partial charge in [0.2, 0.25) is 0 Å². The van der Waals surface area contributed by atoms with Crippen molar-refractivity contribution >= 4 is 5.69 Å². The van der Waals surface area contributed by atoms with Gasteiger partial charge < -0.3 is 5.11 Å². The van der Waals surface area contributed by atoms with E-state index >= 15 is 0 Å². The molecular formula is C14H7F6NO3. The summed E-state index contributed by atoms with van der Waals surface area (Å²) in [5.41, 5.74) is -6.79. The van der Waals surface area contributed by atoms with E-state index in [2.05, 4.69) is 0 Å². The lowest BCUT2D eigenvalue weighted by Gasteiger charge is -2.15. The summed E-state index contributed by atoms with van der Waals surface area (Å²) in [5.74, 6) is -0.382. The van der Waals surface area contributed by atoms with Gasteiger partial charge in [0.15, 0.2) is 0 Å². The van der Waals surface area contributed by atoms with Crippen molar-refractivity contribution in [3.05, 3.63) is 57.6 Å². The molecule has 0 heterocycles. The molecule has 0 aromatic heterocycles. The molecule has 10 heteroatoms. The predicted molar refractivity (Wildman–Crippen MR) is 70.2 cm³/mol. The molecule has 0 saturated carbocycles. The third-order valence-electron chi connectivity index (χ3n) is 3.08. The highest BCUT2D eigenvalue weighted by molar-refractivity contribution is 5.70. The zero-order valence-corrected chi connectivity index (χ0v) is 11.4. The molecule has 0 unspecified atom stereocenters. The molecule has 4 nitrogen and oxygen atoms in total. The molecule has 0 bridgehead atoms. The van der Waals surface area contributed by atoms with Crippen molar-refractivity contribution < 1.29 is 36.4 Å². The maximum Gasteiger partial charge on any atom is 0.423 e. The predicted octanol–water partition coefficient (Wildman–Crippen LogP) is 5.01. The van der Waals surface area contributed by atoms with Crippen LogP contribution in [0, 0.1) is 10.1 Å². The van der Waals surface area contributed by atoms with Gasteiger partial charge in [0.05, 0.1) is 4.92 Å². The number of nitro groups is 1. The van der Waals surface area contributed by atoms with Gasteiger partial charge in [-0.15, -0.1) is 0 Å². The summed E-state index contributed by atoms with van der Waals surface area (Å²) in [6.07, 6.45) is -10.7. The van der Waals surface area contributed by atoms with Crippen molar-refractivity contribution in [1.29, 1.82) is 0 Å². The molecule has 0 aliphatic rings. The van der Waals surface area contributed by atoms with Crippen LogP contribution < -0.4 is 0 Å². The van der Waals surface area contributed by atoms with Crippen LogP contribution in [0.15, 0.2) is 36.4 Å². The summed E-state index contributed by atoms with van der Waals surface area (Å²) < 4.78 is 78.2. The Morgan fingerprint density at radius 1 is 0.875 bits per heavy atom. The Morgan fingerprint density at radius 2 is 1.38 bits per heavy atom. The Kier molecular flexibility index (Phi) is 4.17. The molecule has 0 aliphatic carbocycles. The minimum absolute atomic E-state index is 0.152. The van der Waals surface area contributed by atoms with Crippen LogP contribution in [0.2, 0.25) is 0 Å². The monoisotopic (exact) mass is 351 g/mol. The van der Waals surface area contributed by atoms with Crippen molar-refractivity contribution in [2.45, 2.75) is 12.4 Å². The fourth-order valence-electron chi connectivity index (χ4n) is 2.12. The van der Waals surface area contributed by atoms with Crippen molar-refractivity contribution in [1.82, 2.24) is 0 Å². The number of phenolic OH excluding ortho intramolecular Hbond substituents is 1. The molecule has 0 aliphatic heterocycles. The molecule has 2 aromatic rings. The minimum Gasteiger partial charge on any atom is -0.508 e. The van der Waals surface area contributed by atoms with Gasteiger partial charge in [0, 0.05) is 0 Å². The fraction of sp³-hybridized carbons (Fsp3) is 0.143. The maximum atomic E-state index is 13.0. The Labute approximate surface area is 130 Å². The van der Waals surface area contributed by atoms with Crippen molar-refractivity contribution in [2.24, 2.45) is 0 Å². The van der Waals surface area contributed by atoms with Gasteiger partial charge in [-0.3, -0.25) is 10.1 Å². The van der Waals surface area contributed by atoms with E-state index in [4.69, 9.17) is 0 Å². The normalized spacial score (nSPS) is 12.2. The molecule has 0 amide bonds. The molecule has 128 valence electrons. The quantitative estimate of drug-likeness (QED) is 0.470. The summed E-state index contributed by atoms with van der Waals surface area (Å²) in [5, 5.41) is 20.1. The van der Waals surface area contributed by atoms with Crippen molar-refractivity contribution in [2.75, 3.05) is 0 Å². The van der Waals surface area contributed by atoms with Crippen molar-refractivity contribution in [3.63, 3.8) is 0 Å². The van der Waals surface area contributed by atoms with E-state index in [1.807, 2.05) is 0 Å². The van der Waals surface area contributed by atoms with Gasteiger partial charge in [0.25, 0.3) is 5.69 Å². The number of benzene rings is 2. The van der Waals surface area contributed by atoms with Gasteiger partial charge in [-0.05, 0) is 35.4 Å². The highest BCUT2D eigenvalue weighted by Crippen LogP contribution is 2.46. The summed E-state index contributed by atoms with van der Waals surface area (Å²) in [4.78, 5) is 9.09. The van der Waals surface area contributed by atoms with E-state index in [-0.39, 0.29) is 23.4 Å². The highest BCUT2D eigenvalue weighted by Gasteiger charge is 2.47. The van der Waals surface area contributed by atoms with E-state index in [1.165, 1.54) is 18.2 Å². The average molecular weight is 351 g/mol. The van der Waals surface area contributed by atoms with E-state index in [0.717, 1.165) is 6.07 Å². The van der Waals surface area contributed by atoms with E-state index in [1.54, 1.807) is 0 Å². The first-order chi connectivity index (χ1) is 10.9. The Bertz CT molecular complexity index is 763. The second-order valence-electron chi connectivity index (χ2n) is 4.72. The standard InChI is InChI=1S/C14H7F6NO3/c15-13(16,17)10-5-8(7-2-1-3-9(22)4-7)6-11(14(18,19)20)12(10)21(23)24/h1-6,22H. The molecular weight excluding hydrogens is 344 g/mol. The van der Waals surface area contributed by atoms with E-state index in [9.17, 15) is 41.6 Å². The van der Waals surface area contributed by atoms with Crippen LogP contribution >= 0.6 is 0 Å². The molecule has 2 rings (SSSR count). The smallest absolute Gasteiger partial charge is 0.423 e. The minimum atomic E-state index is -5.37. The second kappa shape index (κ2) is 5.69. The zero-order chi connectivity index (χ0) is 18.3. The number of nitro benzene ring substituents is 1. The van der Waals surface area contributed by atoms with Gasteiger partial charge in [0.1, 0.15) is 16.9 Å². The number of hydrogen-bond acceptors (Lipinski definition) is 3. The van der Waals surface area contributed by atoms with Crippen LogP contribution in [0.5, 0.6) is 5.75 Å². The van der Waals surface area contributed by atoms with Crippen LogP contribution in [0.3, 0.4) is 0 Å². The summed E-state index contributed by atoms with van der Waals surface area (Å²) >= 11 is 0. The van der Waals surface area contributed by atoms with Crippen LogP contribution in [0.25, 0.3) is 11.1 Å². The lowest BCUT2D eigenvalue weighted by Crippen LogP contribution is -2.16. The third kappa shape index (κ3) is 3.42. The number of rotatable bonds is 2. The average Bonchev–Trinajstić information content (AvgIpc) is 2.43. The number of aromatic hydroxyl groups is 1. The Hall–Kier alpha value is -2.78. The number of nitrogens with zero attached hydrogens (tertiary/aromatic N) is 1. The number of alkyl halides is 6. The molecule has 0 fully saturated rings. The maximum absolute atomic E-state index is 13.0. The highest BCUT2D eigenvalue weighted by atomic mass is 19.4. The summed E-state index contributed by atoms with van der Waals surface area (Å²) in [6, 6.07) is 5.00. The number of hydrogen-bond donors (Lipinski definition) is 1. The lowest BCUT2D eigenvalue weighted by molar-refractivity contribution is -0.391. The molecule has 0 spiro atoms. The van der Waals surface area contributed by atoms with E-state index < -0.39 is 39.7 Å².